The fourth-order valence-corrected chi connectivity index (χ4v) is 6.34. The molecule has 5 atom stereocenters. The number of hydrogen-bond acceptors (Lipinski definition) is 11. The van der Waals surface area contributed by atoms with Crippen molar-refractivity contribution in [3.63, 3.8) is 0 Å². The van der Waals surface area contributed by atoms with Crippen LogP contribution in [0.2, 0.25) is 0 Å². The highest BCUT2D eigenvalue weighted by atomic mass is 16.5. The molecule has 1 aromatic heterocycles. The van der Waals surface area contributed by atoms with E-state index in [0.29, 0.717) is 23.6 Å². The molecule has 0 bridgehead atoms. The molecule has 9 N–H and O–H groups in total. The molecule has 14 heteroatoms. The Labute approximate surface area is 236 Å². The van der Waals surface area contributed by atoms with Crippen molar-refractivity contribution in [2.24, 2.45) is 16.5 Å². The quantitative estimate of drug-likeness (QED) is 0.194. The Morgan fingerprint density at radius 1 is 1.27 bits per heavy atom. The molecule has 1 fully saturated rings. The maximum Gasteiger partial charge on any atom is 0.343 e. The van der Waals surface area contributed by atoms with Crippen LogP contribution >= 0.6 is 0 Å². The predicted molar refractivity (Wildman–Crippen MR) is 148 cm³/mol. The van der Waals surface area contributed by atoms with Gasteiger partial charge < -0.3 is 31.1 Å². The van der Waals surface area contributed by atoms with Crippen LogP contribution in [-0.2, 0) is 5.41 Å². The summed E-state index contributed by atoms with van der Waals surface area (Å²) < 4.78 is 5.94. The fraction of sp³-hybridized carbons (Fsp3) is 0.481. The fourth-order valence-electron chi connectivity index (χ4n) is 6.34. The lowest BCUT2D eigenvalue weighted by atomic mass is 9.79. The van der Waals surface area contributed by atoms with Gasteiger partial charge in [0, 0.05) is 24.8 Å². The molecule has 41 heavy (non-hydrogen) atoms. The van der Waals surface area contributed by atoms with Crippen molar-refractivity contribution in [3.05, 3.63) is 53.1 Å². The van der Waals surface area contributed by atoms with Gasteiger partial charge in [0.15, 0.2) is 12.0 Å². The molecule has 2 amide bonds. The summed E-state index contributed by atoms with van der Waals surface area (Å²) in [7, 11) is 0. The molecule has 2 unspecified atom stereocenters. The molecule has 1 aromatic carbocycles. The van der Waals surface area contributed by atoms with Crippen LogP contribution in [0.1, 0.15) is 52.4 Å². The summed E-state index contributed by atoms with van der Waals surface area (Å²) in [5, 5.41) is 20.7. The number of rotatable bonds is 5. The van der Waals surface area contributed by atoms with Crippen molar-refractivity contribution < 1.29 is 24.4 Å². The van der Waals surface area contributed by atoms with E-state index in [1.807, 2.05) is 12.1 Å². The number of nitrogens with zero attached hydrogens (tertiary/aromatic N) is 4. The number of carbonyl (C=O) groups is 2. The normalized spacial score (nSPS) is 29.1. The second-order valence-corrected chi connectivity index (χ2v) is 11.6. The molecule has 0 radical (unpaired) electrons. The monoisotopic (exact) mass is 563 g/mol. The third-order valence-corrected chi connectivity index (χ3v) is 8.48. The highest BCUT2D eigenvalue weighted by Crippen LogP contribution is 2.41. The summed E-state index contributed by atoms with van der Waals surface area (Å²) in [5.74, 6) is 0.166. The molecule has 4 aliphatic heterocycles. The number of aliphatic imine (C=N–C) groups is 1. The van der Waals surface area contributed by atoms with E-state index in [-0.39, 0.29) is 42.0 Å². The molecule has 6 rings (SSSR count). The Morgan fingerprint density at radius 3 is 2.85 bits per heavy atom. The van der Waals surface area contributed by atoms with Crippen LogP contribution in [0.15, 0.2) is 35.6 Å². The van der Waals surface area contributed by atoms with Crippen molar-refractivity contribution in [1.29, 1.82) is 0 Å². The van der Waals surface area contributed by atoms with Crippen LogP contribution in [0, 0.1) is 6.92 Å². The van der Waals surface area contributed by atoms with Gasteiger partial charge >= 0.3 is 5.96 Å². The highest BCUT2D eigenvalue weighted by Gasteiger charge is 2.68. The van der Waals surface area contributed by atoms with Gasteiger partial charge in [-0.2, -0.15) is 0 Å². The van der Waals surface area contributed by atoms with Crippen LogP contribution in [0.3, 0.4) is 0 Å². The zero-order valence-corrected chi connectivity index (χ0v) is 23.1. The molecule has 0 aliphatic carbocycles. The van der Waals surface area contributed by atoms with Crippen LogP contribution in [-0.4, -0.2) is 93.3 Å². The first kappa shape index (κ1) is 26.7. The van der Waals surface area contributed by atoms with Crippen LogP contribution < -0.4 is 37.1 Å². The van der Waals surface area contributed by atoms with Crippen molar-refractivity contribution in [2.75, 3.05) is 19.7 Å². The van der Waals surface area contributed by atoms with E-state index >= 15 is 0 Å². The first-order valence-electron chi connectivity index (χ1n) is 13.6. The standard InChI is InChI=1S/C27H34N10O4/c1-13-9-30-10-17(32-13)23(40)31-11-16-20-27(36-24(28)35-20)21(38)18(12-37(27)25(29)34-16)33-22(39)14-5-4-6-15-19(14)41-8-7-26(15,2)3/h4-6,9-10,16,18,20-21,38H,7-8,11-12H2,1-3H3,(H2,29,34)(H,31,40)(H,33,39)(H3,28,35,36)/p+1/t16-,18?,20-,21+,27?/m0/s1. The lowest BCUT2D eigenvalue weighted by molar-refractivity contribution is -0.513. The smallest absolute Gasteiger partial charge is 0.343 e. The lowest BCUT2D eigenvalue weighted by Gasteiger charge is -2.43. The Hall–Kier alpha value is -4.46. The number of carbonyl (C=O) groups excluding carboxylic acids is 2. The van der Waals surface area contributed by atoms with E-state index in [9.17, 15) is 14.7 Å². The van der Waals surface area contributed by atoms with E-state index in [1.165, 1.54) is 6.20 Å². The van der Waals surface area contributed by atoms with Gasteiger partial charge in [-0.05, 0) is 24.8 Å². The first-order valence-corrected chi connectivity index (χ1v) is 13.6. The number of hydrogen-bond donors (Lipinski definition) is 7. The van der Waals surface area contributed by atoms with Crippen molar-refractivity contribution in [1.82, 2.24) is 30.8 Å². The molecular formula is C27H35N10O4+. The molecule has 5 heterocycles. The summed E-state index contributed by atoms with van der Waals surface area (Å²) in [5.41, 5.74) is 13.4. The number of amides is 2. The van der Waals surface area contributed by atoms with E-state index < -0.39 is 35.8 Å². The number of aromatic nitrogens is 2. The second kappa shape index (κ2) is 9.58. The summed E-state index contributed by atoms with van der Waals surface area (Å²) in [4.78, 5) is 44.0. The van der Waals surface area contributed by atoms with Crippen LogP contribution in [0.4, 0.5) is 0 Å². The van der Waals surface area contributed by atoms with Gasteiger partial charge in [-0.15, -0.1) is 0 Å². The topological polar surface area (TPSA) is 207 Å². The minimum atomic E-state index is -1.21. The number of aryl methyl sites for hydroxylation is 1. The Morgan fingerprint density at radius 2 is 2.07 bits per heavy atom. The van der Waals surface area contributed by atoms with Gasteiger partial charge in [0.1, 0.15) is 23.6 Å². The zero-order chi connectivity index (χ0) is 29.1. The van der Waals surface area contributed by atoms with Crippen LogP contribution in [0.5, 0.6) is 5.75 Å². The van der Waals surface area contributed by atoms with Gasteiger partial charge in [-0.1, -0.05) is 26.0 Å². The molecule has 4 aliphatic rings. The number of ether oxygens (including phenoxy) is 1. The number of aliphatic hydroxyl groups is 1. The summed E-state index contributed by atoms with van der Waals surface area (Å²) in [6, 6.07) is 3.65. The second-order valence-electron chi connectivity index (χ2n) is 11.6. The molecule has 2 aromatic rings. The number of nitrogens with one attached hydrogen (secondary N) is 4. The zero-order valence-electron chi connectivity index (χ0n) is 23.1. The van der Waals surface area contributed by atoms with Crippen molar-refractivity contribution in [2.45, 2.75) is 62.5 Å². The minimum Gasteiger partial charge on any atom is -0.492 e. The third kappa shape index (κ3) is 4.29. The largest absolute Gasteiger partial charge is 0.492 e. The van der Waals surface area contributed by atoms with E-state index in [2.05, 4.69) is 49.8 Å². The Bertz CT molecular complexity index is 1480. The van der Waals surface area contributed by atoms with Gasteiger partial charge in [-0.3, -0.25) is 25.3 Å². The Balaban J connectivity index is 1.23. The maximum absolute atomic E-state index is 13.6. The average Bonchev–Trinajstić information content (AvgIpc) is 3.43. The number of para-hydroxylation sites is 1. The van der Waals surface area contributed by atoms with Gasteiger partial charge in [-0.25, -0.2) is 15.3 Å². The van der Waals surface area contributed by atoms with Crippen molar-refractivity contribution in [3.8, 4) is 5.75 Å². The molecule has 1 spiro atoms. The van der Waals surface area contributed by atoms with Crippen LogP contribution in [0.25, 0.3) is 0 Å². The highest BCUT2D eigenvalue weighted by molar-refractivity contribution is 5.98. The van der Waals surface area contributed by atoms with Gasteiger partial charge in [0.05, 0.1) is 30.1 Å². The first-order chi connectivity index (χ1) is 19.5. The SMILES string of the molecule is Cc1cncc(C(=O)NC[C@@H]2N=C(N)N3CC(NC(=O)c4cccc5c4OCCC5(C)C)[C@@H](O)C34NC(N)=[NH+][C@@H]24)n1. The Kier molecular flexibility index (Phi) is 6.25. The number of benzene rings is 1. The number of fused-ring (bicyclic) bond motifs is 1. The van der Waals surface area contributed by atoms with E-state index in [1.54, 1.807) is 24.1 Å². The predicted octanol–water partition coefficient (Wildman–Crippen LogP) is -3.19. The van der Waals surface area contributed by atoms with Crippen molar-refractivity contribution >= 4 is 23.7 Å². The molecular weight excluding hydrogens is 528 g/mol. The molecule has 1 saturated heterocycles. The van der Waals surface area contributed by atoms with E-state index in [0.717, 1.165) is 12.0 Å². The molecule has 0 saturated carbocycles. The maximum atomic E-state index is 13.6. The summed E-state index contributed by atoms with van der Waals surface area (Å²) in [6.07, 6.45) is 2.65. The number of nitrogens with two attached hydrogens (primary N) is 2. The summed E-state index contributed by atoms with van der Waals surface area (Å²) >= 11 is 0. The number of guanidine groups is 2. The van der Waals surface area contributed by atoms with E-state index in [4.69, 9.17) is 16.2 Å². The average molecular weight is 564 g/mol. The van der Waals surface area contributed by atoms with Gasteiger partial charge in [0.25, 0.3) is 11.8 Å². The summed E-state index contributed by atoms with van der Waals surface area (Å²) in [6.45, 7) is 6.79. The molecule has 14 nitrogen and oxygen atoms in total. The molecule has 216 valence electrons. The minimum absolute atomic E-state index is 0.0877. The third-order valence-electron chi connectivity index (χ3n) is 8.48. The lowest BCUT2D eigenvalue weighted by Crippen LogP contribution is -2.88. The number of aliphatic hydroxyl groups excluding tert-OH is 1. The van der Waals surface area contributed by atoms with Gasteiger partial charge in [0.2, 0.25) is 5.66 Å².